The average Bonchev–Trinajstić information content (AvgIpc) is 2.65. The number of ether oxygens (including phenoxy) is 1. The summed E-state index contributed by atoms with van der Waals surface area (Å²) in [5.41, 5.74) is 2.95. The molecule has 3 N–H and O–H groups in total. The molecule has 6 nitrogen and oxygen atoms in total. The minimum Gasteiger partial charge on any atom is -0.494 e. The van der Waals surface area contributed by atoms with E-state index in [9.17, 15) is 9.59 Å². The molecule has 1 aliphatic rings. The molecule has 1 heterocycles. The topological polar surface area (TPSA) is 79.5 Å². The van der Waals surface area contributed by atoms with E-state index in [2.05, 4.69) is 16.0 Å². The Morgan fingerprint density at radius 1 is 1.07 bits per heavy atom. The maximum Gasteiger partial charge on any atom is 0.225 e. The van der Waals surface area contributed by atoms with Crippen LogP contribution in [0, 0.1) is 12.8 Å². The zero-order valence-corrected chi connectivity index (χ0v) is 17.4. The van der Waals surface area contributed by atoms with E-state index in [1.165, 1.54) is 5.56 Å². The molecule has 29 heavy (non-hydrogen) atoms. The predicted molar refractivity (Wildman–Crippen MR) is 116 cm³/mol. The highest BCUT2D eigenvalue weighted by Crippen LogP contribution is 2.13. The zero-order chi connectivity index (χ0) is 19.8. The quantitative estimate of drug-likeness (QED) is 0.548. The van der Waals surface area contributed by atoms with Gasteiger partial charge in [-0.3, -0.25) is 9.59 Å². The molecule has 0 saturated carbocycles. The van der Waals surface area contributed by atoms with Crippen molar-refractivity contribution in [1.82, 2.24) is 10.6 Å². The molecule has 0 spiro atoms. The molecule has 1 saturated heterocycles. The SMILES string of the molecule is Cc1ccc(OCCCC(=O)Nc2ccc(CNC(=O)C3CNC3)cc2)cc1.Cl. The Labute approximate surface area is 177 Å². The maximum atomic E-state index is 12.1. The number of hydrogen-bond acceptors (Lipinski definition) is 4. The molecule has 2 aromatic carbocycles. The van der Waals surface area contributed by atoms with Crippen LogP contribution in [0.3, 0.4) is 0 Å². The molecule has 7 heteroatoms. The van der Waals surface area contributed by atoms with E-state index in [4.69, 9.17) is 4.74 Å². The van der Waals surface area contributed by atoms with Crippen LogP contribution in [0.2, 0.25) is 0 Å². The minimum absolute atomic E-state index is 0. The molecule has 0 aromatic heterocycles. The normalized spacial score (nSPS) is 13.0. The third-order valence-electron chi connectivity index (χ3n) is 4.69. The van der Waals surface area contributed by atoms with Crippen LogP contribution in [0.5, 0.6) is 5.75 Å². The van der Waals surface area contributed by atoms with Gasteiger partial charge in [-0.05, 0) is 43.2 Å². The standard InChI is InChI=1S/C22H27N3O3.ClH/c1-16-4-10-20(11-5-16)28-12-2-3-21(26)25-19-8-6-17(7-9-19)13-24-22(27)18-14-23-15-18;/h4-11,18,23H,2-3,12-15H2,1H3,(H,24,27)(H,25,26);1H. The van der Waals surface area contributed by atoms with Crippen molar-refractivity contribution < 1.29 is 14.3 Å². The van der Waals surface area contributed by atoms with Crippen LogP contribution >= 0.6 is 12.4 Å². The Kier molecular flexibility index (Phi) is 8.96. The molecule has 0 unspecified atom stereocenters. The van der Waals surface area contributed by atoms with Gasteiger partial charge in [0.05, 0.1) is 12.5 Å². The van der Waals surface area contributed by atoms with Crippen molar-refractivity contribution in [2.24, 2.45) is 5.92 Å². The molecule has 0 atom stereocenters. The van der Waals surface area contributed by atoms with Crippen molar-refractivity contribution in [2.45, 2.75) is 26.3 Å². The summed E-state index contributed by atoms with van der Waals surface area (Å²) in [6, 6.07) is 15.4. The highest BCUT2D eigenvalue weighted by Gasteiger charge is 2.24. The van der Waals surface area contributed by atoms with Crippen LogP contribution in [0.15, 0.2) is 48.5 Å². The predicted octanol–water partition coefficient (Wildman–Crippen LogP) is 3.05. The van der Waals surface area contributed by atoms with Crippen LogP contribution in [0.25, 0.3) is 0 Å². The van der Waals surface area contributed by atoms with Crippen LogP contribution in [0.1, 0.15) is 24.0 Å². The number of amides is 2. The van der Waals surface area contributed by atoms with Crippen molar-refractivity contribution in [3.8, 4) is 5.75 Å². The van der Waals surface area contributed by atoms with Crippen molar-refractivity contribution in [2.75, 3.05) is 25.0 Å². The van der Waals surface area contributed by atoms with Crippen LogP contribution in [-0.2, 0) is 16.1 Å². The summed E-state index contributed by atoms with van der Waals surface area (Å²) in [7, 11) is 0. The molecule has 0 radical (unpaired) electrons. The van der Waals surface area contributed by atoms with Gasteiger partial charge in [-0.15, -0.1) is 12.4 Å². The largest absolute Gasteiger partial charge is 0.494 e. The average molecular weight is 418 g/mol. The van der Waals surface area contributed by atoms with Gasteiger partial charge in [0.25, 0.3) is 0 Å². The minimum atomic E-state index is -0.0361. The fourth-order valence-corrected chi connectivity index (χ4v) is 2.79. The van der Waals surface area contributed by atoms with Gasteiger partial charge < -0.3 is 20.7 Å². The number of benzene rings is 2. The fourth-order valence-electron chi connectivity index (χ4n) is 2.79. The molecule has 0 aliphatic carbocycles. The summed E-state index contributed by atoms with van der Waals surface area (Å²) in [5, 5.41) is 8.90. The van der Waals surface area contributed by atoms with E-state index in [1.807, 2.05) is 55.5 Å². The van der Waals surface area contributed by atoms with Gasteiger partial charge in [0.1, 0.15) is 5.75 Å². The number of carbonyl (C=O) groups excluding carboxylic acids is 2. The van der Waals surface area contributed by atoms with E-state index in [1.54, 1.807) is 0 Å². The Hall–Kier alpha value is -2.57. The fraction of sp³-hybridized carbons (Fsp3) is 0.364. The smallest absolute Gasteiger partial charge is 0.225 e. The summed E-state index contributed by atoms with van der Waals surface area (Å²) in [6.07, 6.45) is 1.05. The lowest BCUT2D eigenvalue weighted by Crippen LogP contribution is -2.50. The van der Waals surface area contributed by atoms with Gasteiger partial charge in [0.15, 0.2) is 0 Å². The van der Waals surface area contributed by atoms with Crippen LogP contribution in [-0.4, -0.2) is 31.5 Å². The van der Waals surface area contributed by atoms with E-state index >= 15 is 0 Å². The lowest BCUT2D eigenvalue weighted by molar-refractivity contribution is -0.126. The van der Waals surface area contributed by atoms with E-state index in [-0.39, 0.29) is 30.1 Å². The summed E-state index contributed by atoms with van der Waals surface area (Å²) >= 11 is 0. The summed E-state index contributed by atoms with van der Waals surface area (Å²) in [4.78, 5) is 23.9. The first kappa shape index (κ1) is 22.7. The zero-order valence-electron chi connectivity index (χ0n) is 16.6. The number of aryl methyl sites for hydroxylation is 1. The van der Waals surface area contributed by atoms with Crippen molar-refractivity contribution >= 4 is 29.9 Å². The third-order valence-corrected chi connectivity index (χ3v) is 4.69. The van der Waals surface area contributed by atoms with Gasteiger partial charge in [-0.25, -0.2) is 0 Å². The number of carbonyl (C=O) groups is 2. The third kappa shape index (κ3) is 7.40. The first-order chi connectivity index (χ1) is 13.6. The number of rotatable bonds is 9. The number of hydrogen-bond donors (Lipinski definition) is 3. The Morgan fingerprint density at radius 3 is 2.38 bits per heavy atom. The number of halogens is 1. The first-order valence-corrected chi connectivity index (χ1v) is 9.67. The summed E-state index contributed by atoms with van der Waals surface area (Å²) in [6.45, 7) is 4.55. The van der Waals surface area contributed by atoms with Crippen molar-refractivity contribution in [3.63, 3.8) is 0 Å². The van der Waals surface area contributed by atoms with E-state index in [0.717, 1.165) is 30.1 Å². The Balaban J connectivity index is 0.00000300. The molecule has 2 amide bonds. The van der Waals surface area contributed by atoms with Gasteiger partial charge in [0, 0.05) is 31.7 Å². The second-order valence-corrected chi connectivity index (χ2v) is 7.08. The lowest BCUT2D eigenvalue weighted by Gasteiger charge is -2.25. The molecule has 0 bridgehead atoms. The van der Waals surface area contributed by atoms with E-state index < -0.39 is 0 Å². The highest BCUT2D eigenvalue weighted by molar-refractivity contribution is 5.90. The van der Waals surface area contributed by atoms with Crippen LogP contribution < -0.4 is 20.7 Å². The summed E-state index contributed by atoms with van der Waals surface area (Å²) in [5.74, 6) is 0.964. The monoisotopic (exact) mass is 417 g/mol. The lowest BCUT2D eigenvalue weighted by atomic mass is 10.0. The molecule has 2 aromatic rings. The molecule has 1 fully saturated rings. The second kappa shape index (κ2) is 11.4. The van der Waals surface area contributed by atoms with E-state index in [0.29, 0.717) is 26.0 Å². The van der Waals surface area contributed by atoms with Gasteiger partial charge in [-0.2, -0.15) is 0 Å². The maximum absolute atomic E-state index is 12.1. The second-order valence-electron chi connectivity index (χ2n) is 7.08. The van der Waals surface area contributed by atoms with Crippen molar-refractivity contribution in [3.05, 3.63) is 59.7 Å². The molecular formula is C22H28ClN3O3. The van der Waals surface area contributed by atoms with Gasteiger partial charge >= 0.3 is 0 Å². The molecular weight excluding hydrogens is 390 g/mol. The Bertz CT molecular complexity index is 790. The summed E-state index contributed by atoms with van der Waals surface area (Å²) < 4.78 is 5.63. The van der Waals surface area contributed by atoms with Crippen molar-refractivity contribution in [1.29, 1.82) is 0 Å². The highest BCUT2D eigenvalue weighted by atomic mass is 35.5. The van der Waals surface area contributed by atoms with Crippen LogP contribution in [0.4, 0.5) is 5.69 Å². The molecule has 156 valence electrons. The molecule has 3 rings (SSSR count). The Morgan fingerprint density at radius 2 is 1.76 bits per heavy atom. The first-order valence-electron chi connectivity index (χ1n) is 9.67. The number of anilines is 1. The van der Waals surface area contributed by atoms with Gasteiger partial charge in [-0.1, -0.05) is 29.8 Å². The molecule has 1 aliphatic heterocycles. The van der Waals surface area contributed by atoms with Gasteiger partial charge in [0.2, 0.25) is 11.8 Å². The number of nitrogens with one attached hydrogen (secondary N) is 3.